The minimum absolute atomic E-state index is 0.0274. The smallest absolute Gasteiger partial charge is 0.141 e. The largest absolute Gasteiger partial charge is 0.507 e. The van der Waals surface area contributed by atoms with Gasteiger partial charge in [0, 0.05) is 11.8 Å². The second-order valence-corrected chi connectivity index (χ2v) is 3.45. The molecule has 17 heavy (non-hydrogen) atoms. The zero-order valence-corrected chi connectivity index (χ0v) is 8.84. The van der Waals surface area contributed by atoms with Gasteiger partial charge in [0.2, 0.25) is 0 Å². The fraction of sp³-hybridized carbons (Fsp3) is 0. The third kappa shape index (κ3) is 2.60. The van der Waals surface area contributed by atoms with E-state index in [2.05, 4.69) is 4.99 Å². The van der Waals surface area contributed by atoms with E-state index in [0.717, 1.165) is 6.07 Å². The van der Waals surface area contributed by atoms with Gasteiger partial charge in [-0.05, 0) is 30.3 Å². The van der Waals surface area contributed by atoms with Crippen LogP contribution in [0.3, 0.4) is 0 Å². The predicted octanol–water partition coefficient (Wildman–Crippen LogP) is 2.99. The van der Waals surface area contributed by atoms with Crippen LogP contribution in [0.15, 0.2) is 47.5 Å². The van der Waals surface area contributed by atoms with E-state index in [0.29, 0.717) is 5.69 Å². The summed E-state index contributed by atoms with van der Waals surface area (Å²) in [5, 5.41) is 18.9. The Morgan fingerprint density at radius 3 is 2.53 bits per heavy atom. The minimum atomic E-state index is -0.457. The fourth-order valence-corrected chi connectivity index (χ4v) is 1.34. The number of hydrogen-bond donors (Lipinski definition) is 2. The van der Waals surface area contributed by atoms with Gasteiger partial charge in [0.15, 0.2) is 0 Å². The summed E-state index contributed by atoms with van der Waals surface area (Å²) in [6.07, 6.45) is 1.30. The molecule has 3 nitrogen and oxygen atoms in total. The van der Waals surface area contributed by atoms with E-state index in [1.54, 1.807) is 18.2 Å². The molecular weight excluding hydrogens is 221 g/mol. The van der Waals surface area contributed by atoms with Crippen molar-refractivity contribution in [2.45, 2.75) is 0 Å². The van der Waals surface area contributed by atoms with Gasteiger partial charge in [-0.3, -0.25) is 4.99 Å². The van der Waals surface area contributed by atoms with Crippen molar-refractivity contribution in [3.8, 4) is 11.5 Å². The number of phenols is 2. The number of rotatable bonds is 2. The molecule has 2 aromatic carbocycles. The van der Waals surface area contributed by atoms with Crippen LogP contribution in [0.1, 0.15) is 5.56 Å². The van der Waals surface area contributed by atoms with Gasteiger partial charge >= 0.3 is 0 Å². The van der Waals surface area contributed by atoms with E-state index in [-0.39, 0.29) is 17.1 Å². The molecule has 2 N–H and O–H groups in total. The predicted molar refractivity (Wildman–Crippen MR) is 63.4 cm³/mol. The van der Waals surface area contributed by atoms with Crippen LogP contribution in [-0.2, 0) is 0 Å². The first-order valence-electron chi connectivity index (χ1n) is 4.97. The quantitative estimate of drug-likeness (QED) is 0.780. The highest BCUT2D eigenvalue weighted by atomic mass is 19.1. The lowest BCUT2D eigenvalue weighted by atomic mass is 10.2. The molecule has 0 heterocycles. The van der Waals surface area contributed by atoms with Crippen LogP contribution in [0.4, 0.5) is 10.1 Å². The Labute approximate surface area is 97.5 Å². The molecule has 0 radical (unpaired) electrons. The van der Waals surface area contributed by atoms with Crippen LogP contribution in [0.25, 0.3) is 0 Å². The number of phenolic OH excluding ortho intramolecular Hbond substituents is 2. The highest BCUT2D eigenvalue weighted by Crippen LogP contribution is 2.25. The van der Waals surface area contributed by atoms with Crippen molar-refractivity contribution >= 4 is 11.9 Å². The second kappa shape index (κ2) is 4.65. The van der Waals surface area contributed by atoms with Gasteiger partial charge in [-0.15, -0.1) is 0 Å². The molecule has 0 bridgehead atoms. The summed E-state index contributed by atoms with van der Waals surface area (Å²) >= 11 is 0. The van der Waals surface area contributed by atoms with Gasteiger partial charge in [0.1, 0.15) is 23.0 Å². The highest BCUT2D eigenvalue weighted by molar-refractivity contribution is 5.85. The Morgan fingerprint density at radius 1 is 1.00 bits per heavy atom. The number of hydrogen-bond acceptors (Lipinski definition) is 3. The van der Waals surface area contributed by atoms with Gasteiger partial charge in [0.05, 0.1) is 0 Å². The highest BCUT2D eigenvalue weighted by Gasteiger charge is 2.01. The molecule has 0 aliphatic rings. The molecule has 2 rings (SSSR count). The summed E-state index contributed by atoms with van der Waals surface area (Å²) in [6, 6.07) is 10.1. The Bertz CT molecular complexity index is 567. The summed E-state index contributed by atoms with van der Waals surface area (Å²) in [6.45, 7) is 0. The average molecular weight is 231 g/mol. The monoisotopic (exact) mass is 231 g/mol. The van der Waals surface area contributed by atoms with Gasteiger partial charge in [-0.2, -0.15) is 0 Å². The van der Waals surface area contributed by atoms with Crippen molar-refractivity contribution in [3.05, 3.63) is 53.8 Å². The summed E-state index contributed by atoms with van der Waals surface area (Å²) in [7, 11) is 0. The number of benzene rings is 2. The normalized spacial score (nSPS) is 10.9. The number of para-hydroxylation sites is 2. The van der Waals surface area contributed by atoms with E-state index in [9.17, 15) is 14.6 Å². The summed E-state index contributed by atoms with van der Waals surface area (Å²) < 4.78 is 12.9. The van der Waals surface area contributed by atoms with Crippen molar-refractivity contribution < 1.29 is 14.6 Å². The third-order valence-corrected chi connectivity index (χ3v) is 2.21. The van der Waals surface area contributed by atoms with Crippen molar-refractivity contribution in [2.24, 2.45) is 4.99 Å². The fourth-order valence-electron chi connectivity index (χ4n) is 1.34. The molecule has 0 fully saturated rings. The SMILES string of the molecule is Oc1ccc(F)cc1C=Nc1ccccc1O. The maximum Gasteiger partial charge on any atom is 0.141 e. The molecule has 0 aromatic heterocycles. The van der Waals surface area contributed by atoms with Gasteiger partial charge in [-0.1, -0.05) is 12.1 Å². The number of nitrogens with zero attached hydrogens (tertiary/aromatic N) is 1. The first kappa shape index (κ1) is 11.1. The average Bonchev–Trinajstić information content (AvgIpc) is 2.32. The van der Waals surface area contributed by atoms with E-state index >= 15 is 0 Å². The third-order valence-electron chi connectivity index (χ3n) is 2.21. The first-order valence-corrected chi connectivity index (χ1v) is 4.97. The summed E-state index contributed by atoms with van der Waals surface area (Å²) in [5.74, 6) is -0.494. The molecule has 0 saturated carbocycles. The maximum atomic E-state index is 12.9. The number of aromatic hydroxyl groups is 2. The van der Waals surface area contributed by atoms with Crippen LogP contribution in [0.5, 0.6) is 11.5 Å². The first-order chi connectivity index (χ1) is 8.16. The second-order valence-electron chi connectivity index (χ2n) is 3.45. The van der Waals surface area contributed by atoms with E-state index in [4.69, 9.17) is 0 Å². The molecule has 2 aromatic rings. The Balaban J connectivity index is 2.32. The van der Waals surface area contributed by atoms with E-state index in [1.807, 2.05) is 0 Å². The molecule has 4 heteroatoms. The zero-order valence-electron chi connectivity index (χ0n) is 8.84. The maximum absolute atomic E-state index is 12.9. The van der Waals surface area contributed by atoms with Crippen LogP contribution >= 0.6 is 0 Å². The Morgan fingerprint density at radius 2 is 1.76 bits per heavy atom. The molecular formula is C13H10FNO2. The van der Waals surface area contributed by atoms with Gasteiger partial charge in [-0.25, -0.2) is 4.39 Å². The molecule has 0 aliphatic heterocycles. The minimum Gasteiger partial charge on any atom is -0.507 e. The molecule has 0 saturated heterocycles. The number of aliphatic imine (C=N–C) groups is 1. The lowest BCUT2D eigenvalue weighted by Gasteiger charge is -1.99. The van der Waals surface area contributed by atoms with Crippen molar-refractivity contribution in [3.63, 3.8) is 0 Å². The Hall–Kier alpha value is -2.36. The molecule has 0 unspecified atom stereocenters. The van der Waals surface area contributed by atoms with E-state index in [1.165, 1.54) is 24.4 Å². The van der Waals surface area contributed by atoms with Crippen LogP contribution in [0, 0.1) is 5.82 Å². The van der Waals surface area contributed by atoms with Crippen molar-refractivity contribution in [2.75, 3.05) is 0 Å². The topological polar surface area (TPSA) is 52.8 Å². The standard InChI is InChI=1S/C13H10FNO2/c14-10-5-6-12(16)9(7-10)8-15-11-3-1-2-4-13(11)17/h1-8,16-17H. The van der Waals surface area contributed by atoms with Gasteiger partial charge in [0.25, 0.3) is 0 Å². The molecule has 86 valence electrons. The molecule has 0 atom stereocenters. The van der Waals surface area contributed by atoms with Crippen LogP contribution in [0.2, 0.25) is 0 Å². The van der Waals surface area contributed by atoms with Gasteiger partial charge < -0.3 is 10.2 Å². The zero-order chi connectivity index (χ0) is 12.3. The van der Waals surface area contributed by atoms with Crippen LogP contribution < -0.4 is 0 Å². The summed E-state index contributed by atoms with van der Waals surface area (Å²) in [4.78, 5) is 3.98. The lowest BCUT2D eigenvalue weighted by Crippen LogP contribution is -1.84. The summed E-state index contributed by atoms with van der Waals surface area (Å²) in [5.41, 5.74) is 0.615. The van der Waals surface area contributed by atoms with Crippen LogP contribution in [-0.4, -0.2) is 16.4 Å². The number of halogens is 1. The lowest BCUT2D eigenvalue weighted by molar-refractivity contribution is 0.472. The molecule has 0 spiro atoms. The molecule has 0 amide bonds. The van der Waals surface area contributed by atoms with Crippen molar-refractivity contribution in [1.29, 1.82) is 0 Å². The molecule has 0 aliphatic carbocycles. The Kier molecular flexibility index (Phi) is 3.05. The van der Waals surface area contributed by atoms with Crippen molar-refractivity contribution in [1.82, 2.24) is 0 Å². The van der Waals surface area contributed by atoms with E-state index < -0.39 is 5.82 Å².